The van der Waals surface area contributed by atoms with E-state index in [1.165, 1.54) is 30.3 Å². The predicted octanol–water partition coefficient (Wildman–Crippen LogP) is 2.73. The highest BCUT2D eigenvalue weighted by Crippen LogP contribution is 2.19. The van der Waals surface area contributed by atoms with Crippen LogP contribution in [0.5, 0.6) is 0 Å². The molecule has 0 unspecified atom stereocenters. The predicted molar refractivity (Wildman–Crippen MR) is 56.5 cm³/mol. The fourth-order valence-electron chi connectivity index (χ4n) is 1.38. The summed E-state index contributed by atoms with van der Waals surface area (Å²) >= 11 is 0. The Balaban J connectivity index is 2.44. The van der Waals surface area contributed by atoms with Crippen molar-refractivity contribution in [3.63, 3.8) is 0 Å². The molecule has 0 atom stereocenters. The van der Waals surface area contributed by atoms with Crippen molar-refractivity contribution < 1.29 is 18.7 Å². The Morgan fingerprint density at radius 1 is 1.06 bits per heavy atom. The average molecular weight is 235 g/mol. The number of hydrogen-bond acceptors (Lipinski definition) is 2. The first-order chi connectivity index (χ1) is 8.08. The quantitative estimate of drug-likeness (QED) is 0.814. The largest absolute Gasteiger partial charge is 0.478 e. The minimum absolute atomic E-state index is 0.257. The Kier molecular flexibility index (Phi) is 2.82. The van der Waals surface area contributed by atoms with E-state index in [0.717, 1.165) is 6.07 Å². The maximum Gasteiger partial charge on any atom is 0.340 e. The number of pyridine rings is 1. The van der Waals surface area contributed by atoms with Crippen LogP contribution in [0, 0.1) is 11.8 Å². The maximum absolute atomic E-state index is 13.3. The summed E-state index contributed by atoms with van der Waals surface area (Å²) in [6, 6.07) is 7.83. The summed E-state index contributed by atoms with van der Waals surface area (Å²) in [6.07, 6.45) is 0. The van der Waals surface area contributed by atoms with E-state index in [4.69, 9.17) is 5.11 Å². The van der Waals surface area contributed by atoms with Crippen molar-refractivity contribution >= 4 is 5.97 Å². The molecule has 0 aliphatic heterocycles. The van der Waals surface area contributed by atoms with E-state index in [1.54, 1.807) is 0 Å². The summed E-state index contributed by atoms with van der Waals surface area (Å²) in [4.78, 5) is 14.1. The van der Waals surface area contributed by atoms with Crippen LogP contribution in [-0.4, -0.2) is 16.1 Å². The van der Waals surface area contributed by atoms with Crippen LogP contribution in [0.3, 0.4) is 0 Å². The zero-order valence-corrected chi connectivity index (χ0v) is 8.52. The van der Waals surface area contributed by atoms with Gasteiger partial charge in [0.15, 0.2) is 0 Å². The Labute approximate surface area is 95.4 Å². The minimum Gasteiger partial charge on any atom is -0.478 e. The Bertz CT molecular complexity index is 567. The average Bonchev–Trinajstić information content (AvgIpc) is 2.29. The fraction of sp³-hybridized carbons (Fsp3) is 0. The van der Waals surface area contributed by atoms with Gasteiger partial charge < -0.3 is 5.11 Å². The van der Waals surface area contributed by atoms with Gasteiger partial charge in [-0.05, 0) is 36.4 Å². The van der Waals surface area contributed by atoms with Crippen LogP contribution < -0.4 is 0 Å². The Hall–Kier alpha value is -2.30. The van der Waals surface area contributed by atoms with Gasteiger partial charge in [-0.3, -0.25) is 0 Å². The lowest BCUT2D eigenvalue weighted by molar-refractivity contribution is 0.0691. The second-order valence-electron chi connectivity index (χ2n) is 3.35. The Morgan fingerprint density at radius 2 is 1.71 bits per heavy atom. The number of carboxylic acid groups (broad SMARTS) is 1. The van der Waals surface area contributed by atoms with E-state index < -0.39 is 23.3 Å². The zero-order valence-electron chi connectivity index (χ0n) is 8.52. The van der Waals surface area contributed by atoms with E-state index in [2.05, 4.69) is 4.98 Å². The van der Waals surface area contributed by atoms with Gasteiger partial charge >= 0.3 is 5.97 Å². The molecule has 1 heterocycles. The lowest BCUT2D eigenvalue weighted by Gasteiger charge is -2.02. The van der Waals surface area contributed by atoms with Gasteiger partial charge in [0, 0.05) is 5.56 Å². The first-order valence-electron chi connectivity index (χ1n) is 4.73. The van der Waals surface area contributed by atoms with Crippen molar-refractivity contribution in [2.45, 2.75) is 0 Å². The molecule has 0 fully saturated rings. The molecular weight excluding hydrogens is 228 g/mol. The van der Waals surface area contributed by atoms with E-state index in [-0.39, 0.29) is 5.69 Å². The Morgan fingerprint density at radius 3 is 2.24 bits per heavy atom. The van der Waals surface area contributed by atoms with Gasteiger partial charge in [0.05, 0.1) is 5.69 Å². The number of rotatable bonds is 2. The standard InChI is InChI=1S/C12H7F2NO2/c13-8-3-1-7(2-4-8)10-6-5-9(12(16)17)11(14)15-10/h1-6H,(H,16,17). The van der Waals surface area contributed by atoms with Crippen LogP contribution in [-0.2, 0) is 0 Å². The number of halogens is 2. The van der Waals surface area contributed by atoms with Crippen LogP contribution in [0.15, 0.2) is 36.4 Å². The summed E-state index contributed by atoms with van der Waals surface area (Å²) in [7, 11) is 0. The third kappa shape index (κ3) is 2.28. The summed E-state index contributed by atoms with van der Waals surface area (Å²) in [6.45, 7) is 0. The number of aromatic nitrogens is 1. The van der Waals surface area contributed by atoms with Gasteiger partial charge in [-0.2, -0.15) is 4.39 Å². The lowest BCUT2D eigenvalue weighted by Crippen LogP contribution is -2.03. The van der Waals surface area contributed by atoms with Gasteiger partial charge in [-0.15, -0.1) is 0 Å². The van der Waals surface area contributed by atoms with Gasteiger partial charge in [0.2, 0.25) is 5.95 Å². The van der Waals surface area contributed by atoms with E-state index in [1.807, 2.05) is 0 Å². The summed E-state index contributed by atoms with van der Waals surface area (Å²) in [5, 5.41) is 8.63. The first kappa shape index (κ1) is 11.2. The molecule has 0 saturated heterocycles. The maximum atomic E-state index is 13.3. The van der Waals surface area contributed by atoms with Crippen LogP contribution in [0.4, 0.5) is 8.78 Å². The van der Waals surface area contributed by atoms with Crippen LogP contribution in [0.2, 0.25) is 0 Å². The minimum atomic E-state index is -1.37. The summed E-state index contributed by atoms with van der Waals surface area (Å²) in [5.74, 6) is -2.84. The van der Waals surface area contributed by atoms with Crippen LogP contribution >= 0.6 is 0 Å². The van der Waals surface area contributed by atoms with Crippen molar-refractivity contribution in [1.82, 2.24) is 4.98 Å². The van der Waals surface area contributed by atoms with Crippen molar-refractivity contribution in [1.29, 1.82) is 0 Å². The molecule has 86 valence electrons. The number of nitrogens with zero attached hydrogens (tertiary/aromatic N) is 1. The number of carbonyl (C=O) groups is 1. The monoisotopic (exact) mass is 235 g/mol. The van der Waals surface area contributed by atoms with E-state index in [0.29, 0.717) is 5.56 Å². The number of carboxylic acids is 1. The molecule has 3 nitrogen and oxygen atoms in total. The third-order valence-corrected chi connectivity index (χ3v) is 2.22. The summed E-state index contributed by atoms with van der Waals surface area (Å²) in [5.41, 5.74) is 0.283. The highest BCUT2D eigenvalue weighted by molar-refractivity contribution is 5.87. The highest BCUT2D eigenvalue weighted by Gasteiger charge is 2.12. The van der Waals surface area contributed by atoms with Crippen LogP contribution in [0.1, 0.15) is 10.4 Å². The smallest absolute Gasteiger partial charge is 0.340 e. The van der Waals surface area contributed by atoms with Crippen molar-refractivity contribution in [3.05, 3.63) is 53.7 Å². The molecule has 17 heavy (non-hydrogen) atoms. The second kappa shape index (κ2) is 4.29. The second-order valence-corrected chi connectivity index (χ2v) is 3.35. The van der Waals surface area contributed by atoms with Crippen molar-refractivity contribution in [2.75, 3.05) is 0 Å². The van der Waals surface area contributed by atoms with Crippen molar-refractivity contribution in [3.8, 4) is 11.3 Å². The number of aromatic carboxylic acids is 1. The van der Waals surface area contributed by atoms with E-state index in [9.17, 15) is 13.6 Å². The topological polar surface area (TPSA) is 50.2 Å². The van der Waals surface area contributed by atoms with Crippen LogP contribution in [0.25, 0.3) is 11.3 Å². The highest BCUT2D eigenvalue weighted by atomic mass is 19.1. The molecular formula is C12H7F2NO2. The molecule has 0 saturated carbocycles. The normalized spacial score (nSPS) is 10.2. The van der Waals surface area contributed by atoms with Gasteiger partial charge in [-0.1, -0.05) is 0 Å². The first-order valence-corrected chi connectivity index (χ1v) is 4.73. The molecule has 0 aliphatic rings. The van der Waals surface area contributed by atoms with Gasteiger partial charge in [0.1, 0.15) is 11.4 Å². The molecule has 0 amide bonds. The lowest BCUT2D eigenvalue weighted by atomic mass is 10.1. The zero-order chi connectivity index (χ0) is 12.4. The number of benzene rings is 1. The molecule has 1 aromatic carbocycles. The molecule has 0 radical (unpaired) electrons. The van der Waals surface area contributed by atoms with Gasteiger partial charge in [-0.25, -0.2) is 14.2 Å². The molecule has 1 N–H and O–H groups in total. The fourth-order valence-corrected chi connectivity index (χ4v) is 1.38. The molecule has 0 bridgehead atoms. The molecule has 0 aliphatic carbocycles. The van der Waals surface area contributed by atoms with Crippen molar-refractivity contribution in [2.24, 2.45) is 0 Å². The number of hydrogen-bond donors (Lipinski definition) is 1. The third-order valence-electron chi connectivity index (χ3n) is 2.22. The van der Waals surface area contributed by atoms with E-state index >= 15 is 0 Å². The molecule has 2 rings (SSSR count). The summed E-state index contributed by atoms with van der Waals surface area (Å²) < 4.78 is 26.0. The molecule has 1 aromatic heterocycles. The molecule has 5 heteroatoms. The van der Waals surface area contributed by atoms with Gasteiger partial charge in [0.25, 0.3) is 0 Å². The molecule has 2 aromatic rings. The SMILES string of the molecule is O=C(O)c1ccc(-c2ccc(F)cc2)nc1F. The molecule has 0 spiro atoms.